The first-order chi connectivity index (χ1) is 17.1. The second-order valence-electron chi connectivity index (χ2n) is 8.12. The minimum Gasteiger partial charge on any atom is -0.454 e. The maximum absolute atomic E-state index is 12.2. The SMILES string of the molecule is CC(C)OCN(C)CCc1cc(Oc2c(Cl)cc(-n3nc(C#N)c(=O)[nH]c3=O)cc2Cl)ccc1C=O. The summed E-state index contributed by atoms with van der Waals surface area (Å²) in [6.07, 6.45) is 1.47. The molecule has 3 rings (SSSR count). The minimum atomic E-state index is -0.899. The summed E-state index contributed by atoms with van der Waals surface area (Å²) in [5.74, 6) is 0.520. The lowest BCUT2D eigenvalue weighted by molar-refractivity contribution is 0.00526. The van der Waals surface area contributed by atoms with E-state index in [-0.39, 0.29) is 27.6 Å². The summed E-state index contributed by atoms with van der Waals surface area (Å²) in [6, 6.07) is 9.33. The highest BCUT2D eigenvalue weighted by atomic mass is 35.5. The Kier molecular flexibility index (Phi) is 9.01. The molecule has 0 spiro atoms. The van der Waals surface area contributed by atoms with E-state index >= 15 is 0 Å². The molecule has 0 aliphatic heterocycles. The summed E-state index contributed by atoms with van der Waals surface area (Å²) in [5, 5.41) is 12.9. The fourth-order valence-electron chi connectivity index (χ4n) is 3.16. The standard InChI is InChI=1S/C24H23Cl2N5O5/c1-14(2)35-13-30(3)7-6-15-8-18(5-4-16(15)12-32)36-22-19(25)9-17(10-20(22)26)31-24(34)28-23(33)21(11-27)29-31/h4-5,8-10,12,14H,6-7,13H2,1-3H3,(H,28,33,34). The van der Waals surface area contributed by atoms with Gasteiger partial charge in [-0.2, -0.15) is 9.94 Å². The fraction of sp³-hybridized carbons (Fsp3) is 0.292. The van der Waals surface area contributed by atoms with Crippen LogP contribution in [0.1, 0.15) is 35.5 Å². The third kappa shape index (κ3) is 6.59. The lowest BCUT2D eigenvalue weighted by atomic mass is 10.0. The van der Waals surface area contributed by atoms with Gasteiger partial charge in [-0.3, -0.25) is 19.5 Å². The van der Waals surface area contributed by atoms with Crippen molar-refractivity contribution in [1.82, 2.24) is 19.7 Å². The number of hydrogen-bond donors (Lipinski definition) is 1. The highest BCUT2D eigenvalue weighted by Gasteiger charge is 2.16. The second kappa shape index (κ2) is 12.0. The van der Waals surface area contributed by atoms with Crippen LogP contribution < -0.4 is 16.0 Å². The van der Waals surface area contributed by atoms with Gasteiger partial charge >= 0.3 is 5.69 Å². The molecule has 36 heavy (non-hydrogen) atoms. The van der Waals surface area contributed by atoms with Crippen LogP contribution in [0.3, 0.4) is 0 Å². The number of hydrogen-bond acceptors (Lipinski definition) is 8. The van der Waals surface area contributed by atoms with Crippen LogP contribution in [0, 0.1) is 11.3 Å². The van der Waals surface area contributed by atoms with Crippen molar-refractivity contribution in [2.45, 2.75) is 26.4 Å². The summed E-state index contributed by atoms with van der Waals surface area (Å²) in [4.78, 5) is 39.3. The Morgan fingerprint density at radius 2 is 1.92 bits per heavy atom. The zero-order valence-corrected chi connectivity index (χ0v) is 21.3. The number of halogens is 2. The first-order valence-corrected chi connectivity index (χ1v) is 11.6. The van der Waals surface area contributed by atoms with Crippen molar-refractivity contribution in [3.8, 4) is 23.3 Å². The van der Waals surface area contributed by atoms with E-state index in [0.717, 1.165) is 16.5 Å². The van der Waals surface area contributed by atoms with Gasteiger partial charge in [0.2, 0.25) is 5.69 Å². The number of nitrogens with one attached hydrogen (secondary N) is 1. The number of H-pyrrole nitrogens is 1. The Labute approximate surface area is 216 Å². The first-order valence-electron chi connectivity index (χ1n) is 10.8. The quantitative estimate of drug-likeness (QED) is 0.310. The smallest absolute Gasteiger partial charge is 0.349 e. The van der Waals surface area contributed by atoms with E-state index in [1.807, 2.05) is 30.8 Å². The van der Waals surface area contributed by atoms with Gasteiger partial charge in [-0.05, 0) is 63.2 Å². The first kappa shape index (κ1) is 27.1. The van der Waals surface area contributed by atoms with Gasteiger partial charge in [0.05, 0.1) is 28.6 Å². The highest BCUT2D eigenvalue weighted by Crippen LogP contribution is 2.38. The number of ether oxygens (including phenoxy) is 2. The van der Waals surface area contributed by atoms with Gasteiger partial charge in [0, 0.05) is 12.1 Å². The average molecular weight is 532 g/mol. The topological polar surface area (TPSA) is 130 Å². The molecule has 0 radical (unpaired) electrons. The summed E-state index contributed by atoms with van der Waals surface area (Å²) < 4.78 is 12.3. The summed E-state index contributed by atoms with van der Waals surface area (Å²) in [6.45, 7) is 5.03. The van der Waals surface area contributed by atoms with Crippen LogP contribution in [-0.2, 0) is 11.2 Å². The number of aromatic amines is 1. The van der Waals surface area contributed by atoms with Crippen LogP contribution in [0.4, 0.5) is 0 Å². The largest absolute Gasteiger partial charge is 0.454 e. The lowest BCUT2D eigenvalue weighted by Crippen LogP contribution is -2.33. The molecule has 188 valence electrons. The molecule has 1 heterocycles. The fourth-order valence-corrected chi connectivity index (χ4v) is 3.71. The molecule has 0 unspecified atom stereocenters. The van der Waals surface area contributed by atoms with Crippen molar-refractivity contribution in [3.63, 3.8) is 0 Å². The summed E-state index contributed by atoms with van der Waals surface area (Å²) >= 11 is 12.8. The van der Waals surface area contributed by atoms with Gasteiger partial charge in [0.25, 0.3) is 5.56 Å². The Morgan fingerprint density at radius 3 is 2.53 bits per heavy atom. The van der Waals surface area contributed by atoms with Crippen molar-refractivity contribution in [1.29, 1.82) is 5.26 Å². The normalized spacial score (nSPS) is 11.1. The Hall–Kier alpha value is -3.49. The van der Waals surface area contributed by atoms with E-state index in [2.05, 4.69) is 5.10 Å². The van der Waals surface area contributed by atoms with E-state index in [1.54, 1.807) is 24.3 Å². The van der Waals surface area contributed by atoms with Crippen LogP contribution in [0.15, 0.2) is 39.9 Å². The molecule has 10 nitrogen and oxygen atoms in total. The van der Waals surface area contributed by atoms with Gasteiger partial charge < -0.3 is 9.47 Å². The summed E-state index contributed by atoms with van der Waals surface area (Å²) in [5.41, 5.74) is -0.826. The van der Waals surface area contributed by atoms with E-state index in [9.17, 15) is 14.4 Å². The zero-order chi connectivity index (χ0) is 26.4. The number of carbonyl (C=O) groups excluding carboxylic acids is 1. The second-order valence-corrected chi connectivity index (χ2v) is 8.94. The predicted molar refractivity (Wildman–Crippen MR) is 135 cm³/mol. The van der Waals surface area contributed by atoms with Gasteiger partial charge in [-0.15, -0.1) is 5.10 Å². The number of nitriles is 1. The number of aldehydes is 1. The van der Waals surface area contributed by atoms with E-state index in [4.69, 9.17) is 37.9 Å². The van der Waals surface area contributed by atoms with Crippen LogP contribution >= 0.6 is 23.2 Å². The maximum Gasteiger partial charge on any atom is 0.349 e. The van der Waals surface area contributed by atoms with Crippen LogP contribution in [-0.4, -0.2) is 52.4 Å². The van der Waals surface area contributed by atoms with Gasteiger partial charge in [0.15, 0.2) is 5.75 Å². The molecule has 0 atom stereocenters. The molecule has 0 saturated carbocycles. The van der Waals surface area contributed by atoms with Crippen LogP contribution in [0.25, 0.3) is 5.69 Å². The Balaban J connectivity index is 1.86. The Bertz CT molecular complexity index is 1400. The molecule has 0 bridgehead atoms. The molecular weight excluding hydrogens is 509 g/mol. The van der Waals surface area contributed by atoms with E-state index in [1.165, 1.54) is 12.1 Å². The molecule has 0 fully saturated rings. The molecule has 0 aliphatic carbocycles. The predicted octanol–water partition coefficient (Wildman–Crippen LogP) is 3.56. The molecule has 2 aromatic carbocycles. The monoisotopic (exact) mass is 531 g/mol. The zero-order valence-electron chi connectivity index (χ0n) is 19.7. The molecule has 0 aliphatic rings. The molecule has 0 amide bonds. The number of carbonyl (C=O) groups is 1. The van der Waals surface area contributed by atoms with Gasteiger partial charge in [-0.1, -0.05) is 23.2 Å². The number of likely N-dealkylation sites (N-methyl/N-ethyl adjacent to an activating group) is 1. The van der Waals surface area contributed by atoms with Crippen molar-refractivity contribution in [2.75, 3.05) is 20.3 Å². The molecule has 3 aromatic rings. The molecule has 1 aromatic heterocycles. The maximum atomic E-state index is 12.2. The van der Waals surface area contributed by atoms with Crippen molar-refractivity contribution < 1.29 is 14.3 Å². The van der Waals surface area contributed by atoms with Gasteiger partial charge in [-0.25, -0.2) is 4.79 Å². The minimum absolute atomic E-state index is 0.0579. The number of rotatable bonds is 10. The number of nitrogens with zero attached hydrogens (tertiary/aromatic N) is 4. The highest BCUT2D eigenvalue weighted by molar-refractivity contribution is 6.37. The third-order valence-electron chi connectivity index (χ3n) is 5.01. The molecular formula is C24H23Cl2N5O5. The Morgan fingerprint density at radius 1 is 1.22 bits per heavy atom. The van der Waals surface area contributed by atoms with Crippen molar-refractivity contribution in [3.05, 3.63) is 78.0 Å². The third-order valence-corrected chi connectivity index (χ3v) is 5.58. The number of aromatic nitrogens is 3. The average Bonchev–Trinajstić information content (AvgIpc) is 2.83. The summed E-state index contributed by atoms with van der Waals surface area (Å²) in [7, 11) is 1.92. The van der Waals surface area contributed by atoms with Crippen LogP contribution in [0.5, 0.6) is 11.5 Å². The van der Waals surface area contributed by atoms with E-state index < -0.39 is 16.9 Å². The van der Waals surface area contributed by atoms with Crippen molar-refractivity contribution in [2.24, 2.45) is 0 Å². The molecule has 12 heteroatoms. The van der Waals surface area contributed by atoms with Crippen molar-refractivity contribution >= 4 is 29.5 Å². The van der Waals surface area contributed by atoms with E-state index in [0.29, 0.717) is 31.0 Å². The van der Waals surface area contributed by atoms with Gasteiger partial charge in [0.1, 0.15) is 18.1 Å². The van der Waals surface area contributed by atoms with Crippen LogP contribution in [0.2, 0.25) is 10.0 Å². The number of benzene rings is 2. The molecule has 1 N–H and O–H groups in total. The lowest BCUT2D eigenvalue weighted by Gasteiger charge is -2.19. The molecule has 0 saturated heterocycles.